The lowest BCUT2D eigenvalue weighted by Gasteiger charge is -2.18. The van der Waals surface area contributed by atoms with Crippen molar-refractivity contribution < 1.29 is 27.4 Å². The minimum Gasteiger partial charge on any atom is -0.428 e. The molecule has 0 spiro atoms. The van der Waals surface area contributed by atoms with E-state index < -0.39 is 24.3 Å². The van der Waals surface area contributed by atoms with E-state index in [1.807, 2.05) is 0 Å². The van der Waals surface area contributed by atoms with Crippen LogP contribution in [0.1, 0.15) is 18.0 Å². The zero-order chi connectivity index (χ0) is 13.8. The van der Waals surface area contributed by atoms with Gasteiger partial charge in [0.05, 0.1) is 0 Å². The molecule has 3 nitrogen and oxygen atoms in total. The third kappa shape index (κ3) is 3.85. The summed E-state index contributed by atoms with van der Waals surface area (Å²) < 4.78 is 53.2. The number of benzene rings is 1. The van der Waals surface area contributed by atoms with Gasteiger partial charge in [-0.2, -0.15) is 17.6 Å². The van der Waals surface area contributed by atoms with Gasteiger partial charge in [-0.05, 0) is 24.1 Å². The molecule has 0 bridgehead atoms. The molecule has 0 heterocycles. The van der Waals surface area contributed by atoms with Crippen molar-refractivity contribution in [3.8, 4) is 5.75 Å². The van der Waals surface area contributed by atoms with Crippen molar-refractivity contribution in [1.29, 1.82) is 0 Å². The van der Waals surface area contributed by atoms with E-state index in [1.54, 1.807) is 0 Å². The van der Waals surface area contributed by atoms with Gasteiger partial charge >= 0.3 is 12.5 Å². The number of ether oxygens (including phenoxy) is 1. The minimum absolute atomic E-state index is 0.167. The first-order valence-electron chi connectivity index (χ1n) is 5.18. The van der Waals surface area contributed by atoms with Crippen LogP contribution in [0.15, 0.2) is 24.3 Å². The molecule has 0 aliphatic carbocycles. The summed E-state index contributed by atoms with van der Waals surface area (Å²) in [6.07, 6.45) is -8.22. The van der Waals surface area contributed by atoms with Gasteiger partial charge in [-0.15, -0.1) is 0 Å². The molecule has 0 radical (unpaired) electrons. The molecule has 0 aromatic heterocycles. The fraction of sp³-hybridized carbons (Fsp3) is 0.455. The Morgan fingerprint density at radius 2 is 2.00 bits per heavy atom. The molecule has 1 aromatic carbocycles. The van der Waals surface area contributed by atoms with E-state index in [9.17, 15) is 17.6 Å². The molecule has 7 heteroatoms. The van der Waals surface area contributed by atoms with Gasteiger partial charge in [-0.1, -0.05) is 12.1 Å². The third-order valence-electron chi connectivity index (χ3n) is 2.23. The van der Waals surface area contributed by atoms with Crippen molar-refractivity contribution in [1.82, 2.24) is 0 Å². The molecule has 0 saturated carbocycles. The number of rotatable bonds is 6. The summed E-state index contributed by atoms with van der Waals surface area (Å²) in [5.74, 6) is -0.397. The van der Waals surface area contributed by atoms with Crippen molar-refractivity contribution >= 4 is 0 Å². The quantitative estimate of drug-likeness (QED) is 0.778. The molecule has 1 rings (SSSR count). The standard InChI is InChI=1S/C11H13F4NO2/c12-10(13)11(14,15)18-8-3-1-2-7(6-8)9(16)4-5-17/h1-3,6,9-10,17H,4-5,16H2/t9-/m1/s1. The lowest BCUT2D eigenvalue weighted by Crippen LogP contribution is -2.33. The van der Waals surface area contributed by atoms with Gasteiger partial charge < -0.3 is 15.6 Å². The summed E-state index contributed by atoms with van der Waals surface area (Å²) in [6.45, 7) is -0.167. The Balaban J connectivity index is 2.82. The Bertz CT molecular complexity index is 387. The Kier molecular flexibility index (Phi) is 4.92. The van der Waals surface area contributed by atoms with Gasteiger partial charge in [0.15, 0.2) is 0 Å². The zero-order valence-electron chi connectivity index (χ0n) is 9.32. The van der Waals surface area contributed by atoms with E-state index in [-0.39, 0.29) is 13.0 Å². The van der Waals surface area contributed by atoms with Gasteiger partial charge in [-0.3, -0.25) is 0 Å². The molecule has 0 aliphatic rings. The highest BCUT2D eigenvalue weighted by molar-refractivity contribution is 5.30. The van der Waals surface area contributed by atoms with E-state index in [0.717, 1.165) is 12.1 Å². The number of halogens is 4. The second kappa shape index (κ2) is 6.01. The Morgan fingerprint density at radius 1 is 1.33 bits per heavy atom. The fourth-order valence-electron chi connectivity index (χ4n) is 1.32. The van der Waals surface area contributed by atoms with Crippen LogP contribution < -0.4 is 10.5 Å². The Morgan fingerprint density at radius 3 is 2.56 bits per heavy atom. The molecule has 0 fully saturated rings. The average Bonchev–Trinajstić information content (AvgIpc) is 2.29. The maximum Gasteiger partial charge on any atom is 0.461 e. The molecule has 0 unspecified atom stereocenters. The monoisotopic (exact) mass is 267 g/mol. The number of hydrogen-bond donors (Lipinski definition) is 2. The summed E-state index contributed by atoms with van der Waals surface area (Å²) in [5, 5.41) is 8.70. The number of nitrogens with two attached hydrogens (primary N) is 1. The highest BCUT2D eigenvalue weighted by atomic mass is 19.3. The Hall–Kier alpha value is -1.34. The largest absolute Gasteiger partial charge is 0.461 e. The van der Waals surface area contributed by atoms with Crippen molar-refractivity contribution in [3.05, 3.63) is 29.8 Å². The minimum atomic E-state index is -4.54. The predicted molar refractivity (Wildman–Crippen MR) is 56.7 cm³/mol. The second-order valence-electron chi connectivity index (χ2n) is 3.66. The number of alkyl halides is 4. The molecule has 102 valence electrons. The van der Waals surface area contributed by atoms with Crippen LogP contribution in [0.5, 0.6) is 5.75 Å². The van der Waals surface area contributed by atoms with E-state index in [1.165, 1.54) is 12.1 Å². The Labute approximate surface area is 101 Å². The average molecular weight is 267 g/mol. The molecule has 18 heavy (non-hydrogen) atoms. The van der Waals surface area contributed by atoms with Crippen LogP contribution in [0.2, 0.25) is 0 Å². The van der Waals surface area contributed by atoms with Gasteiger partial charge in [0.2, 0.25) is 0 Å². The van der Waals surface area contributed by atoms with E-state index in [2.05, 4.69) is 4.74 Å². The van der Waals surface area contributed by atoms with Crippen LogP contribution in [0, 0.1) is 0 Å². The van der Waals surface area contributed by atoms with Crippen LogP contribution in [-0.4, -0.2) is 24.2 Å². The van der Waals surface area contributed by atoms with Crippen LogP contribution >= 0.6 is 0 Å². The summed E-state index contributed by atoms with van der Waals surface area (Å²) >= 11 is 0. The third-order valence-corrected chi connectivity index (χ3v) is 2.23. The van der Waals surface area contributed by atoms with Gasteiger partial charge in [-0.25, -0.2) is 0 Å². The van der Waals surface area contributed by atoms with Gasteiger partial charge in [0.25, 0.3) is 0 Å². The number of aliphatic hydroxyl groups excluding tert-OH is 1. The van der Waals surface area contributed by atoms with Crippen molar-refractivity contribution in [2.75, 3.05) is 6.61 Å². The van der Waals surface area contributed by atoms with Crippen molar-refractivity contribution in [2.24, 2.45) is 5.73 Å². The number of aliphatic hydroxyl groups is 1. The van der Waals surface area contributed by atoms with E-state index in [4.69, 9.17) is 10.8 Å². The van der Waals surface area contributed by atoms with E-state index in [0.29, 0.717) is 5.56 Å². The van der Waals surface area contributed by atoms with Crippen molar-refractivity contribution in [3.63, 3.8) is 0 Å². The first-order chi connectivity index (χ1) is 8.36. The highest BCUT2D eigenvalue weighted by Gasteiger charge is 2.43. The summed E-state index contributed by atoms with van der Waals surface area (Å²) in [5.41, 5.74) is 6.07. The zero-order valence-corrected chi connectivity index (χ0v) is 9.32. The molecular weight excluding hydrogens is 254 g/mol. The lowest BCUT2D eigenvalue weighted by molar-refractivity contribution is -0.253. The van der Waals surface area contributed by atoms with E-state index >= 15 is 0 Å². The summed E-state index contributed by atoms with van der Waals surface area (Å²) in [6, 6.07) is 4.61. The molecular formula is C11H13F4NO2. The van der Waals surface area contributed by atoms with Crippen LogP contribution in [0.4, 0.5) is 17.6 Å². The van der Waals surface area contributed by atoms with Crippen LogP contribution in [0.3, 0.4) is 0 Å². The fourth-order valence-corrected chi connectivity index (χ4v) is 1.32. The first kappa shape index (κ1) is 14.7. The lowest BCUT2D eigenvalue weighted by atomic mass is 10.1. The normalized spacial score (nSPS) is 13.7. The topological polar surface area (TPSA) is 55.5 Å². The molecule has 0 amide bonds. The predicted octanol–water partition coefficient (Wildman–Crippen LogP) is 2.31. The van der Waals surface area contributed by atoms with Gasteiger partial charge in [0, 0.05) is 12.6 Å². The SMILES string of the molecule is N[C@H](CCO)c1cccc(OC(F)(F)C(F)F)c1. The summed E-state index contributed by atoms with van der Waals surface area (Å²) in [7, 11) is 0. The smallest absolute Gasteiger partial charge is 0.428 e. The molecule has 3 N–H and O–H groups in total. The van der Waals surface area contributed by atoms with Crippen LogP contribution in [0.25, 0.3) is 0 Å². The van der Waals surface area contributed by atoms with Crippen LogP contribution in [-0.2, 0) is 0 Å². The molecule has 0 saturated heterocycles. The summed E-state index contributed by atoms with van der Waals surface area (Å²) in [4.78, 5) is 0. The second-order valence-corrected chi connectivity index (χ2v) is 3.66. The molecule has 1 aromatic rings. The highest BCUT2D eigenvalue weighted by Crippen LogP contribution is 2.29. The first-order valence-corrected chi connectivity index (χ1v) is 5.18. The number of hydrogen-bond acceptors (Lipinski definition) is 3. The maximum atomic E-state index is 12.7. The molecule has 1 atom stereocenters. The van der Waals surface area contributed by atoms with Crippen molar-refractivity contribution in [2.45, 2.75) is 25.0 Å². The van der Waals surface area contributed by atoms with Gasteiger partial charge in [0.1, 0.15) is 5.75 Å². The molecule has 0 aliphatic heterocycles. The maximum absolute atomic E-state index is 12.7.